The van der Waals surface area contributed by atoms with E-state index in [-0.39, 0.29) is 6.10 Å². The molecule has 3 rings (SSSR count). The van der Waals surface area contributed by atoms with E-state index in [9.17, 15) is 0 Å². The van der Waals surface area contributed by atoms with Gasteiger partial charge in [0.2, 0.25) is 0 Å². The maximum absolute atomic E-state index is 6.16. The largest absolute Gasteiger partial charge is 0.485 e. The van der Waals surface area contributed by atoms with E-state index in [0.29, 0.717) is 21.7 Å². The van der Waals surface area contributed by atoms with Gasteiger partial charge in [-0.25, -0.2) is 9.97 Å². The molecule has 110 valence electrons. The third kappa shape index (κ3) is 3.64. The SMILES string of the molecule is Clc1cc(Cl)cc(O[C@H](c2cncnc2)C2CCNC2)c1. The molecular formula is C15H15Cl2N3O. The van der Waals surface area contributed by atoms with Crippen molar-refractivity contribution in [3.05, 3.63) is 52.5 Å². The number of halogens is 2. The minimum Gasteiger partial charge on any atom is -0.485 e. The summed E-state index contributed by atoms with van der Waals surface area (Å²) in [5.74, 6) is 1.03. The fraction of sp³-hybridized carbons (Fsp3) is 0.333. The van der Waals surface area contributed by atoms with Crippen LogP contribution in [0.4, 0.5) is 0 Å². The van der Waals surface area contributed by atoms with Crippen LogP contribution in [0.5, 0.6) is 5.75 Å². The molecule has 6 heteroatoms. The van der Waals surface area contributed by atoms with Gasteiger partial charge in [-0.3, -0.25) is 0 Å². The zero-order valence-electron chi connectivity index (χ0n) is 11.3. The lowest BCUT2D eigenvalue weighted by Crippen LogP contribution is -2.21. The first-order valence-corrected chi connectivity index (χ1v) is 7.56. The van der Waals surface area contributed by atoms with Crippen molar-refractivity contribution in [2.45, 2.75) is 12.5 Å². The maximum atomic E-state index is 6.16. The van der Waals surface area contributed by atoms with Gasteiger partial charge < -0.3 is 10.1 Å². The second-order valence-corrected chi connectivity index (χ2v) is 5.94. The van der Waals surface area contributed by atoms with Crippen LogP contribution in [0.3, 0.4) is 0 Å². The highest BCUT2D eigenvalue weighted by Crippen LogP contribution is 2.33. The van der Waals surface area contributed by atoms with Gasteiger partial charge in [-0.2, -0.15) is 0 Å². The van der Waals surface area contributed by atoms with Gasteiger partial charge in [-0.1, -0.05) is 23.2 Å². The molecule has 1 aliphatic heterocycles. The molecule has 1 aliphatic rings. The van der Waals surface area contributed by atoms with Crippen molar-refractivity contribution in [2.24, 2.45) is 5.92 Å². The van der Waals surface area contributed by atoms with Gasteiger partial charge in [0.1, 0.15) is 18.2 Å². The van der Waals surface area contributed by atoms with Crippen molar-refractivity contribution >= 4 is 23.2 Å². The Morgan fingerprint density at radius 1 is 1.14 bits per heavy atom. The minimum absolute atomic E-state index is 0.115. The highest BCUT2D eigenvalue weighted by atomic mass is 35.5. The fourth-order valence-corrected chi connectivity index (χ4v) is 3.08. The van der Waals surface area contributed by atoms with Crippen LogP contribution < -0.4 is 10.1 Å². The van der Waals surface area contributed by atoms with Crippen LogP contribution in [0.15, 0.2) is 36.9 Å². The van der Waals surface area contributed by atoms with Crippen LogP contribution in [0, 0.1) is 5.92 Å². The average molecular weight is 324 g/mol. The molecule has 1 saturated heterocycles. The summed E-state index contributed by atoms with van der Waals surface area (Å²) in [5.41, 5.74) is 0.960. The summed E-state index contributed by atoms with van der Waals surface area (Å²) in [6, 6.07) is 5.23. The summed E-state index contributed by atoms with van der Waals surface area (Å²) in [5, 5.41) is 4.48. The molecule has 2 heterocycles. The first kappa shape index (κ1) is 14.6. The van der Waals surface area contributed by atoms with Gasteiger partial charge >= 0.3 is 0 Å². The Balaban J connectivity index is 1.88. The molecule has 1 aromatic heterocycles. The van der Waals surface area contributed by atoms with E-state index in [1.54, 1.807) is 30.6 Å². The molecule has 0 aliphatic carbocycles. The second-order valence-electron chi connectivity index (χ2n) is 5.07. The summed E-state index contributed by atoms with van der Waals surface area (Å²) in [6.07, 6.45) is 6.04. The van der Waals surface area contributed by atoms with Crippen molar-refractivity contribution < 1.29 is 4.74 Å². The van der Waals surface area contributed by atoms with E-state index in [2.05, 4.69) is 15.3 Å². The average Bonchev–Trinajstić information content (AvgIpc) is 2.98. The molecule has 1 unspecified atom stereocenters. The van der Waals surface area contributed by atoms with Crippen molar-refractivity contribution in [1.29, 1.82) is 0 Å². The third-order valence-corrected chi connectivity index (χ3v) is 3.97. The zero-order chi connectivity index (χ0) is 14.7. The monoisotopic (exact) mass is 323 g/mol. The molecule has 4 nitrogen and oxygen atoms in total. The molecule has 0 radical (unpaired) electrons. The van der Waals surface area contributed by atoms with Gasteiger partial charge in [0.25, 0.3) is 0 Å². The standard InChI is InChI=1S/C15H15Cl2N3O/c16-12-3-13(17)5-14(4-12)21-15(10-1-2-18-6-10)11-7-19-9-20-8-11/h3-5,7-10,15,18H,1-2,6H2/t10?,15-/m0/s1. The lowest BCUT2D eigenvalue weighted by molar-refractivity contribution is 0.143. The van der Waals surface area contributed by atoms with Gasteiger partial charge in [-0.15, -0.1) is 0 Å². The topological polar surface area (TPSA) is 47.0 Å². The number of hydrogen-bond donors (Lipinski definition) is 1. The van der Waals surface area contributed by atoms with Crippen molar-refractivity contribution in [3.63, 3.8) is 0 Å². The number of nitrogens with zero attached hydrogens (tertiary/aromatic N) is 2. The number of rotatable bonds is 4. The van der Waals surface area contributed by atoms with Crippen LogP contribution in [-0.4, -0.2) is 23.1 Å². The Bertz CT molecular complexity index is 583. The van der Waals surface area contributed by atoms with E-state index in [0.717, 1.165) is 25.1 Å². The molecular weight excluding hydrogens is 309 g/mol. The quantitative estimate of drug-likeness (QED) is 0.935. The Kier molecular flexibility index (Phi) is 4.58. The summed E-state index contributed by atoms with van der Waals surface area (Å²) in [6.45, 7) is 1.91. The third-order valence-electron chi connectivity index (χ3n) is 3.53. The van der Waals surface area contributed by atoms with Crippen LogP contribution in [-0.2, 0) is 0 Å². The fourth-order valence-electron chi connectivity index (χ4n) is 2.57. The molecule has 0 saturated carbocycles. The maximum Gasteiger partial charge on any atom is 0.131 e. The molecule has 1 N–H and O–H groups in total. The van der Waals surface area contributed by atoms with E-state index in [1.165, 1.54) is 6.33 Å². The summed E-state index contributed by atoms with van der Waals surface area (Å²) in [7, 11) is 0. The first-order chi connectivity index (χ1) is 10.2. The minimum atomic E-state index is -0.115. The first-order valence-electron chi connectivity index (χ1n) is 6.81. The van der Waals surface area contributed by atoms with Crippen LogP contribution in [0.2, 0.25) is 10.0 Å². The number of ether oxygens (including phenoxy) is 1. The van der Waals surface area contributed by atoms with E-state index >= 15 is 0 Å². The Labute approximate surface area is 133 Å². The van der Waals surface area contributed by atoms with Gasteiger partial charge in [-0.05, 0) is 31.2 Å². The lowest BCUT2D eigenvalue weighted by Gasteiger charge is -2.24. The molecule has 0 spiro atoms. The number of nitrogens with one attached hydrogen (secondary N) is 1. The molecule has 2 aromatic rings. The summed E-state index contributed by atoms with van der Waals surface area (Å²) < 4.78 is 6.16. The summed E-state index contributed by atoms with van der Waals surface area (Å²) >= 11 is 12.1. The molecule has 0 amide bonds. The number of hydrogen-bond acceptors (Lipinski definition) is 4. The van der Waals surface area contributed by atoms with Crippen LogP contribution >= 0.6 is 23.2 Å². The summed E-state index contributed by atoms with van der Waals surface area (Å²) in [4.78, 5) is 8.18. The van der Waals surface area contributed by atoms with E-state index < -0.39 is 0 Å². The van der Waals surface area contributed by atoms with Gasteiger partial charge in [0.15, 0.2) is 0 Å². The van der Waals surface area contributed by atoms with Crippen LogP contribution in [0.1, 0.15) is 18.1 Å². The van der Waals surface area contributed by atoms with Crippen molar-refractivity contribution in [3.8, 4) is 5.75 Å². The molecule has 1 aromatic carbocycles. The smallest absolute Gasteiger partial charge is 0.131 e. The van der Waals surface area contributed by atoms with Gasteiger partial charge in [0, 0.05) is 40.5 Å². The van der Waals surface area contributed by atoms with E-state index in [1.807, 2.05) is 0 Å². The second kappa shape index (κ2) is 6.60. The van der Waals surface area contributed by atoms with Crippen molar-refractivity contribution in [2.75, 3.05) is 13.1 Å². The Hall–Kier alpha value is -1.36. The zero-order valence-corrected chi connectivity index (χ0v) is 12.8. The normalized spacial score (nSPS) is 19.4. The number of benzene rings is 1. The van der Waals surface area contributed by atoms with E-state index in [4.69, 9.17) is 27.9 Å². The molecule has 1 fully saturated rings. The predicted molar refractivity (Wildman–Crippen MR) is 82.8 cm³/mol. The molecule has 2 atom stereocenters. The highest BCUT2D eigenvalue weighted by molar-refractivity contribution is 6.34. The predicted octanol–water partition coefficient (Wildman–Crippen LogP) is 3.51. The highest BCUT2D eigenvalue weighted by Gasteiger charge is 2.28. The Morgan fingerprint density at radius 3 is 2.48 bits per heavy atom. The Morgan fingerprint density at radius 2 is 1.86 bits per heavy atom. The van der Waals surface area contributed by atoms with Crippen LogP contribution in [0.25, 0.3) is 0 Å². The molecule has 0 bridgehead atoms. The molecule has 21 heavy (non-hydrogen) atoms. The van der Waals surface area contributed by atoms with Gasteiger partial charge in [0.05, 0.1) is 0 Å². The van der Waals surface area contributed by atoms with Crippen molar-refractivity contribution in [1.82, 2.24) is 15.3 Å². The number of aromatic nitrogens is 2. The lowest BCUT2D eigenvalue weighted by atomic mass is 9.96.